The molecule has 0 aliphatic heterocycles. The third kappa shape index (κ3) is 5.15. The number of carbonyl (C=O) groups excluding carboxylic acids is 1. The summed E-state index contributed by atoms with van der Waals surface area (Å²) in [5, 5.41) is 0. The Morgan fingerprint density at radius 1 is 1.25 bits per heavy atom. The smallest absolute Gasteiger partial charge is 0.242 e. The fraction of sp³-hybridized carbons (Fsp3) is 0.462. The Labute approximate surface area is 124 Å². The van der Waals surface area contributed by atoms with Gasteiger partial charge in [-0.1, -0.05) is 30.3 Å². The molecular formula is C13H20N2O3S2. The molecule has 112 valence electrons. The van der Waals surface area contributed by atoms with E-state index in [1.165, 1.54) is 18.0 Å². The van der Waals surface area contributed by atoms with Crippen molar-refractivity contribution >= 4 is 27.5 Å². The molecule has 1 aromatic carbocycles. The maximum absolute atomic E-state index is 11.6. The summed E-state index contributed by atoms with van der Waals surface area (Å²) in [7, 11) is -2.95. The molecule has 1 atom stereocenters. The van der Waals surface area contributed by atoms with Gasteiger partial charge >= 0.3 is 0 Å². The highest BCUT2D eigenvalue weighted by molar-refractivity contribution is 8.00. The van der Waals surface area contributed by atoms with Crippen molar-refractivity contribution in [3.05, 3.63) is 35.9 Å². The zero-order valence-corrected chi connectivity index (χ0v) is 13.0. The van der Waals surface area contributed by atoms with Gasteiger partial charge in [0.15, 0.2) is 0 Å². The standard InChI is InChI=1S/C13H20N2O3S2/c1-20(17,18)10-9-19-8-7-13(15,12(14)16)11-5-3-2-4-6-11/h2-6H,7-10,15H2,1H3,(H2,14,16). The molecule has 5 nitrogen and oxygen atoms in total. The summed E-state index contributed by atoms with van der Waals surface area (Å²) in [6.07, 6.45) is 1.58. The van der Waals surface area contributed by atoms with Crippen LogP contribution in [0.4, 0.5) is 0 Å². The zero-order valence-electron chi connectivity index (χ0n) is 11.4. The Kier molecular flexibility index (Phi) is 6.04. The van der Waals surface area contributed by atoms with Crippen LogP contribution >= 0.6 is 11.8 Å². The lowest BCUT2D eigenvalue weighted by atomic mass is 9.88. The van der Waals surface area contributed by atoms with Crippen molar-refractivity contribution in [3.8, 4) is 0 Å². The summed E-state index contributed by atoms with van der Waals surface area (Å²) in [5.41, 5.74) is 11.0. The molecule has 0 aromatic heterocycles. The van der Waals surface area contributed by atoms with Crippen molar-refractivity contribution in [2.45, 2.75) is 12.0 Å². The molecule has 0 fully saturated rings. The molecule has 1 aromatic rings. The van der Waals surface area contributed by atoms with Gasteiger partial charge in [-0.2, -0.15) is 11.8 Å². The minimum absolute atomic E-state index is 0.122. The summed E-state index contributed by atoms with van der Waals surface area (Å²) in [6, 6.07) is 8.98. The number of sulfone groups is 1. The van der Waals surface area contributed by atoms with Crippen LogP contribution in [0.3, 0.4) is 0 Å². The number of hydrogen-bond donors (Lipinski definition) is 2. The maximum atomic E-state index is 11.6. The fourth-order valence-corrected chi connectivity index (χ4v) is 4.04. The van der Waals surface area contributed by atoms with Gasteiger partial charge in [-0.15, -0.1) is 0 Å². The summed E-state index contributed by atoms with van der Waals surface area (Å²) >= 11 is 1.45. The van der Waals surface area contributed by atoms with Gasteiger partial charge in [0, 0.05) is 12.0 Å². The molecule has 7 heteroatoms. The van der Waals surface area contributed by atoms with Crippen molar-refractivity contribution in [1.29, 1.82) is 0 Å². The molecule has 0 spiro atoms. The third-order valence-electron chi connectivity index (χ3n) is 2.97. The van der Waals surface area contributed by atoms with Crippen molar-refractivity contribution in [1.82, 2.24) is 0 Å². The molecule has 0 heterocycles. The van der Waals surface area contributed by atoms with Gasteiger partial charge in [0.25, 0.3) is 0 Å². The molecule has 0 aliphatic carbocycles. The lowest BCUT2D eigenvalue weighted by Gasteiger charge is -2.26. The molecule has 0 saturated carbocycles. The number of amides is 1. The third-order valence-corrected chi connectivity index (χ3v) is 5.16. The number of rotatable bonds is 8. The second kappa shape index (κ2) is 7.10. The molecule has 0 radical (unpaired) electrons. The van der Waals surface area contributed by atoms with Gasteiger partial charge in [0.1, 0.15) is 15.4 Å². The summed E-state index contributed by atoms with van der Waals surface area (Å²) in [4.78, 5) is 11.6. The lowest BCUT2D eigenvalue weighted by Crippen LogP contribution is -2.49. The van der Waals surface area contributed by atoms with E-state index < -0.39 is 21.3 Å². The minimum atomic E-state index is -2.95. The molecule has 0 saturated heterocycles. The Hall–Kier alpha value is -1.05. The number of thioether (sulfide) groups is 1. The molecule has 1 unspecified atom stereocenters. The van der Waals surface area contributed by atoms with Crippen LogP contribution in [-0.4, -0.2) is 37.8 Å². The number of carbonyl (C=O) groups is 1. The van der Waals surface area contributed by atoms with Crippen molar-refractivity contribution in [3.63, 3.8) is 0 Å². The molecule has 1 rings (SSSR count). The largest absolute Gasteiger partial charge is 0.368 e. The minimum Gasteiger partial charge on any atom is -0.368 e. The van der Waals surface area contributed by atoms with E-state index in [9.17, 15) is 13.2 Å². The van der Waals surface area contributed by atoms with E-state index in [4.69, 9.17) is 11.5 Å². The first-order valence-electron chi connectivity index (χ1n) is 6.15. The van der Waals surface area contributed by atoms with Gasteiger partial charge < -0.3 is 11.5 Å². The highest BCUT2D eigenvalue weighted by Crippen LogP contribution is 2.24. The number of primary amides is 1. The van der Waals surface area contributed by atoms with E-state index in [0.29, 0.717) is 23.5 Å². The van der Waals surface area contributed by atoms with Crippen LogP contribution in [0.2, 0.25) is 0 Å². The second-order valence-electron chi connectivity index (χ2n) is 4.69. The Balaban J connectivity index is 2.59. The summed E-state index contributed by atoms with van der Waals surface area (Å²) < 4.78 is 22.0. The van der Waals surface area contributed by atoms with Crippen LogP contribution in [0.25, 0.3) is 0 Å². The van der Waals surface area contributed by atoms with E-state index in [0.717, 1.165) is 0 Å². The molecule has 20 heavy (non-hydrogen) atoms. The van der Waals surface area contributed by atoms with E-state index in [1.807, 2.05) is 6.07 Å². The van der Waals surface area contributed by atoms with Crippen LogP contribution in [0, 0.1) is 0 Å². The highest BCUT2D eigenvalue weighted by Gasteiger charge is 2.33. The Morgan fingerprint density at radius 2 is 1.85 bits per heavy atom. The van der Waals surface area contributed by atoms with Gasteiger partial charge in [-0.05, 0) is 17.7 Å². The van der Waals surface area contributed by atoms with Crippen LogP contribution in [-0.2, 0) is 20.2 Å². The van der Waals surface area contributed by atoms with Crippen LogP contribution in [0.15, 0.2) is 30.3 Å². The molecule has 1 amide bonds. The van der Waals surface area contributed by atoms with Crippen molar-refractivity contribution in [2.75, 3.05) is 23.5 Å². The first kappa shape index (κ1) is 17.0. The normalized spacial score (nSPS) is 14.7. The Bertz CT molecular complexity index is 546. The van der Waals surface area contributed by atoms with Crippen molar-refractivity contribution < 1.29 is 13.2 Å². The average molecular weight is 316 g/mol. The quantitative estimate of drug-likeness (QED) is 0.680. The maximum Gasteiger partial charge on any atom is 0.242 e. The lowest BCUT2D eigenvalue weighted by molar-refractivity contribution is -0.123. The van der Waals surface area contributed by atoms with Gasteiger partial charge in [0.2, 0.25) is 5.91 Å². The van der Waals surface area contributed by atoms with Crippen LogP contribution < -0.4 is 11.5 Å². The van der Waals surface area contributed by atoms with Gasteiger partial charge in [-0.3, -0.25) is 4.79 Å². The second-order valence-corrected chi connectivity index (χ2v) is 8.18. The van der Waals surface area contributed by atoms with Gasteiger partial charge in [0.05, 0.1) is 5.75 Å². The van der Waals surface area contributed by atoms with Crippen molar-refractivity contribution in [2.24, 2.45) is 11.5 Å². The predicted molar refractivity (Wildman–Crippen MR) is 83.2 cm³/mol. The number of benzene rings is 1. The number of hydrogen-bond acceptors (Lipinski definition) is 5. The van der Waals surface area contributed by atoms with E-state index >= 15 is 0 Å². The van der Waals surface area contributed by atoms with E-state index in [-0.39, 0.29) is 5.75 Å². The summed E-state index contributed by atoms with van der Waals surface area (Å²) in [6.45, 7) is 0. The predicted octanol–water partition coefficient (Wildman–Crippen LogP) is 0.494. The summed E-state index contributed by atoms with van der Waals surface area (Å²) in [5.74, 6) is 0.608. The number of nitrogens with two attached hydrogens (primary N) is 2. The average Bonchev–Trinajstić information content (AvgIpc) is 2.37. The molecule has 4 N–H and O–H groups in total. The molecule has 0 bridgehead atoms. The molecule has 0 aliphatic rings. The van der Waals surface area contributed by atoms with E-state index in [1.54, 1.807) is 24.3 Å². The topological polar surface area (TPSA) is 103 Å². The highest BCUT2D eigenvalue weighted by atomic mass is 32.2. The Morgan fingerprint density at radius 3 is 2.35 bits per heavy atom. The first-order chi connectivity index (χ1) is 9.26. The fourth-order valence-electron chi connectivity index (χ4n) is 1.69. The van der Waals surface area contributed by atoms with Crippen LogP contribution in [0.5, 0.6) is 0 Å². The van der Waals surface area contributed by atoms with Gasteiger partial charge in [-0.25, -0.2) is 8.42 Å². The SMILES string of the molecule is CS(=O)(=O)CCSCCC(N)(C(N)=O)c1ccccc1. The molecular weight excluding hydrogens is 296 g/mol. The monoisotopic (exact) mass is 316 g/mol. The van der Waals surface area contributed by atoms with Crippen LogP contribution in [0.1, 0.15) is 12.0 Å². The first-order valence-corrected chi connectivity index (χ1v) is 9.37. The zero-order chi connectivity index (χ0) is 15.2. The van der Waals surface area contributed by atoms with E-state index in [2.05, 4.69) is 0 Å².